The first kappa shape index (κ1) is 13.1. The Balaban J connectivity index is 3.13. The second-order valence-electron chi connectivity index (χ2n) is 3.20. The van der Waals surface area contributed by atoms with Gasteiger partial charge in [-0.2, -0.15) is 13.2 Å². The zero-order valence-electron chi connectivity index (χ0n) is 8.56. The Morgan fingerprint density at radius 1 is 1.24 bits per heavy atom. The monoisotopic (exact) mass is 249 g/mol. The average molecular weight is 249 g/mol. The third kappa shape index (κ3) is 3.27. The third-order valence-electron chi connectivity index (χ3n) is 1.82. The van der Waals surface area contributed by atoms with Crippen LogP contribution in [0.5, 0.6) is 0 Å². The number of imide groups is 1. The number of amides is 2. The van der Waals surface area contributed by atoms with Gasteiger partial charge in [-0.1, -0.05) is 0 Å². The highest BCUT2D eigenvalue weighted by atomic mass is 19.4. The van der Waals surface area contributed by atoms with Crippen molar-refractivity contribution >= 4 is 11.8 Å². The molecule has 0 aliphatic heterocycles. The molecule has 17 heavy (non-hydrogen) atoms. The molecule has 3 nitrogen and oxygen atoms in total. The number of rotatable bonds is 1. The first-order valence-corrected chi connectivity index (χ1v) is 4.40. The summed E-state index contributed by atoms with van der Waals surface area (Å²) in [5, 5.41) is 1.79. The molecular weight excluding hydrogens is 242 g/mol. The fourth-order valence-electron chi connectivity index (χ4n) is 1.12. The van der Waals surface area contributed by atoms with Gasteiger partial charge >= 0.3 is 6.18 Å². The summed E-state index contributed by atoms with van der Waals surface area (Å²) in [6.45, 7) is 1.03. The van der Waals surface area contributed by atoms with Gasteiger partial charge in [0.25, 0.3) is 5.91 Å². The van der Waals surface area contributed by atoms with Crippen LogP contribution in [-0.2, 0) is 11.0 Å². The number of nitrogens with one attached hydrogen (secondary N) is 1. The van der Waals surface area contributed by atoms with E-state index in [4.69, 9.17) is 0 Å². The number of benzene rings is 1. The predicted octanol–water partition coefficient (Wildman–Crippen LogP) is 2.12. The summed E-state index contributed by atoms with van der Waals surface area (Å²) in [5.41, 5.74) is -1.98. The zero-order chi connectivity index (χ0) is 13.2. The second kappa shape index (κ2) is 4.52. The quantitative estimate of drug-likeness (QED) is 0.775. The highest BCUT2D eigenvalue weighted by molar-refractivity contribution is 6.04. The van der Waals surface area contributed by atoms with Gasteiger partial charge in [0.05, 0.1) is 5.56 Å². The minimum atomic E-state index is -4.89. The SMILES string of the molecule is CC(=O)NC(=O)c1ccc(F)c(C(F)(F)F)c1. The van der Waals surface area contributed by atoms with Crippen molar-refractivity contribution in [2.45, 2.75) is 13.1 Å². The maximum atomic E-state index is 12.9. The lowest BCUT2D eigenvalue weighted by atomic mass is 10.1. The number of carbonyl (C=O) groups is 2. The first-order valence-electron chi connectivity index (χ1n) is 4.40. The Morgan fingerprint density at radius 2 is 1.82 bits per heavy atom. The Morgan fingerprint density at radius 3 is 2.29 bits per heavy atom. The number of carbonyl (C=O) groups excluding carboxylic acids is 2. The van der Waals surface area contributed by atoms with Gasteiger partial charge in [-0.3, -0.25) is 14.9 Å². The molecule has 92 valence electrons. The zero-order valence-corrected chi connectivity index (χ0v) is 8.56. The molecule has 1 rings (SSSR count). The van der Waals surface area contributed by atoms with E-state index in [0.29, 0.717) is 12.1 Å². The Kier molecular flexibility index (Phi) is 3.50. The molecule has 0 bridgehead atoms. The number of hydrogen-bond donors (Lipinski definition) is 1. The summed E-state index contributed by atoms with van der Waals surface area (Å²) in [7, 11) is 0. The van der Waals surface area contributed by atoms with Gasteiger partial charge in [-0.05, 0) is 18.2 Å². The first-order chi connectivity index (χ1) is 7.71. The van der Waals surface area contributed by atoms with Crippen molar-refractivity contribution in [2.75, 3.05) is 0 Å². The summed E-state index contributed by atoms with van der Waals surface area (Å²) in [6, 6.07) is 1.74. The van der Waals surface area contributed by atoms with Crippen LogP contribution in [-0.4, -0.2) is 11.8 Å². The standard InChI is InChI=1S/C10H7F4NO2/c1-5(16)15-9(17)6-2-3-8(11)7(4-6)10(12,13)14/h2-4H,1H3,(H,15,16,17). The van der Waals surface area contributed by atoms with E-state index in [1.165, 1.54) is 0 Å². The fraction of sp³-hybridized carbons (Fsp3) is 0.200. The minimum absolute atomic E-state index is 0.355. The lowest BCUT2D eigenvalue weighted by Crippen LogP contribution is -2.28. The summed E-state index contributed by atoms with van der Waals surface area (Å²) in [6.07, 6.45) is -4.89. The normalized spacial score (nSPS) is 11.1. The van der Waals surface area contributed by atoms with Crippen molar-refractivity contribution in [1.82, 2.24) is 5.32 Å². The Hall–Kier alpha value is -1.92. The summed E-state index contributed by atoms with van der Waals surface area (Å²) in [4.78, 5) is 21.8. The van der Waals surface area contributed by atoms with Crippen molar-refractivity contribution < 1.29 is 27.2 Å². The molecular formula is C10H7F4NO2. The van der Waals surface area contributed by atoms with Crippen molar-refractivity contribution in [3.63, 3.8) is 0 Å². The van der Waals surface area contributed by atoms with Crippen LogP contribution in [0.2, 0.25) is 0 Å². The third-order valence-corrected chi connectivity index (χ3v) is 1.82. The maximum absolute atomic E-state index is 12.9. The van der Waals surface area contributed by atoms with Gasteiger partial charge < -0.3 is 0 Å². The summed E-state index contributed by atoms with van der Waals surface area (Å²) in [5.74, 6) is -3.20. The molecule has 1 N–H and O–H groups in total. The Bertz CT molecular complexity index is 468. The minimum Gasteiger partial charge on any atom is -0.293 e. The number of alkyl halides is 3. The fourth-order valence-corrected chi connectivity index (χ4v) is 1.12. The smallest absolute Gasteiger partial charge is 0.293 e. The van der Waals surface area contributed by atoms with E-state index in [0.717, 1.165) is 13.0 Å². The van der Waals surface area contributed by atoms with E-state index in [9.17, 15) is 27.2 Å². The molecule has 0 saturated heterocycles. The molecule has 0 aromatic heterocycles. The van der Waals surface area contributed by atoms with Gasteiger partial charge in [0.2, 0.25) is 5.91 Å². The molecule has 0 radical (unpaired) electrons. The molecule has 0 aliphatic carbocycles. The second-order valence-corrected chi connectivity index (χ2v) is 3.20. The van der Waals surface area contributed by atoms with Gasteiger partial charge in [-0.25, -0.2) is 4.39 Å². The van der Waals surface area contributed by atoms with Crippen molar-refractivity contribution in [3.05, 3.63) is 35.1 Å². The van der Waals surface area contributed by atoms with E-state index < -0.39 is 34.9 Å². The van der Waals surface area contributed by atoms with E-state index in [1.54, 1.807) is 5.32 Å². The highest BCUT2D eigenvalue weighted by Crippen LogP contribution is 2.31. The van der Waals surface area contributed by atoms with E-state index in [1.807, 2.05) is 0 Å². The van der Waals surface area contributed by atoms with E-state index >= 15 is 0 Å². The lowest BCUT2D eigenvalue weighted by Gasteiger charge is -2.09. The molecule has 0 unspecified atom stereocenters. The molecule has 0 heterocycles. The molecule has 0 atom stereocenters. The van der Waals surface area contributed by atoms with Crippen LogP contribution in [0.15, 0.2) is 18.2 Å². The van der Waals surface area contributed by atoms with Gasteiger partial charge in [0.15, 0.2) is 0 Å². The number of hydrogen-bond acceptors (Lipinski definition) is 2. The van der Waals surface area contributed by atoms with Crippen LogP contribution >= 0.6 is 0 Å². The summed E-state index contributed by atoms with van der Waals surface area (Å²) < 4.78 is 49.8. The van der Waals surface area contributed by atoms with Gasteiger partial charge in [-0.15, -0.1) is 0 Å². The maximum Gasteiger partial charge on any atom is 0.419 e. The van der Waals surface area contributed by atoms with E-state index in [2.05, 4.69) is 0 Å². The van der Waals surface area contributed by atoms with Crippen LogP contribution in [0.1, 0.15) is 22.8 Å². The lowest BCUT2D eigenvalue weighted by molar-refractivity contribution is -0.140. The van der Waals surface area contributed by atoms with Crippen LogP contribution in [0, 0.1) is 5.82 Å². The largest absolute Gasteiger partial charge is 0.419 e. The molecule has 0 aliphatic rings. The molecule has 1 aromatic rings. The summed E-state index contributed by atoms with van der Waals surface area (Å²) >= 11 is 0. The van der Waals surface area contributed by atoms with Crippen LogP contribution in [0.25, 0.3) is 0 Å². The van der Waals surface area contributed by atoms with E-state index in [-0.39, 0.29) is 0 Å². The average Bonchev–Trinajstić information content (AvgIpc) is 2.15. The topological polar surface area (TPSA) is 46.2 Å². The molecule has 2 amide bonds. The van der Waals surface area contributed by atoms with Gasteiger partial charge in [0.1, 0.15) is 5.82 Å². The Labute approximate surface area is 93.4 Å². The molecule has 1 aromatic carbocycles. The van der Waals surface area contributed by atoms with Crippen molar-refractivity contribution in [1.29, 1.82) is 0 Å². The van der Waals surface area contributed by atoms with Crippen LogP contribution in [0.4, 0.5) is 17.6 Å². The van der Waals surface area contributed by atoms with Crippen molar-refractivity contribution in [3.8, 4) is 0 Å². The van der Waals surface area contributed by atoms with Crippen LogP contribution in [0.3, 0.4) is 0 Å². The molecule has 0 saturated carbocycles. The number of halogens is 4. The molecule has 0 fully saturated rings. The van der Waals surface area contributed by atoms with Gasteiger partial charge in [0, 0.05) is 12.5 Å². The molecule has 7 heteroatoms. The van der Waals surface area contributed by atoms with Crippen LogP contribution < -0.4 is 5.32 Å². The molecule has 0 spiro atoms. The highest BCUT2D eigenvalue weighted by Gasteiger charge is 2.34. The predicted molar refractivity (Wildman–Crippen MR) is 49.5 cm³/mol. The van der Waals surface area contributed by atoms with Crippen molar-refractivity contribution in [2.24, 2.45) is 0 Å².